The Morgan fingerprint density at radius 1 is 1.43 bits per heavy atom. The molecule has 0 aliphatic carbocycles. The first-order valence-corrected chi connectivity index (χ1v) is 6.94. The summed E-state index contributed by atoms with van der Waals surface area (Å²) in [5.74, 6) is -1.22. The molecule has 0 saturated carbocycles. The van der Waals surface area contributed by atoms with Crippen molar-refractivity contribution in [3.8, 4) is 5.75 Å². The third kappa shape index (κ3) is 3.36. The maximum Gasteiger partial charge on any atom is 0.336 e. The Morgan fingerprint density at radius 2 is 2.14 bits per heavy atom. The van der Waals surface area contributed by atoms with Gasteiger partial charge in [-0.1, -0.05) is 24.9 Å². The monoisotopic (exact) mass is 309 g/mol. The molecule has 0 fully saturated rings. The first-order chi connectivity index (χ1) is 9.92. The van der Waals surface area contributed by atoms with Crippen LogP contribution in [0.5, 0.6) is 5.75 Å². The van der Waals surface area contributed by atoms with E-state index in [1.807, 2.05) is 6.92 Å². The zero-order chi connectivity index (χ0) is 15.6. The zero-order valence-corrected chi connectivity index (χ0v) is 12.4. The van der Waals surface area contributed by atoms with Gasteiger partial charge in [-0.15, -0.1) is 0 Å². The average molecular weight is 310 g/mol. The molecule has 0 unspecified atom stereocenters. The molecule has 1 aromatic carbocycles. The topological polar surface area (TPSA) is 79.6 Å². The summed E-state index contributed by atoms with van der Waals surface area (Å²) < 4.78 is 10.3. The van der Waals surface area contributed by atoms with Gasteiger partial charge in [0.25, 0.3) is 0 Å². The molecule has 2 aromatic rings. The van der Waals surface area contributed by atoms with Crippen LogP contribution in [0.4, 0.5) is 0 Å². The number of halogens is 1. The molecule has 112 valence electrons. The summed E-state index contributed by atoms with van der Waals surface area (Å²) in [6, 6.07) is 4.48. The third-order valence-corrected chi connectivity index (χ3v) is 3.33. The Kier molecular flexibility index (Phi) is 4.53. The van der Waals surface area contributed by atoms with Gasteiger partial charge in [-0.05, 0) is 25.0 Å². The molecule has 0 bridgehead atoms. The lowest BCUT2D eigenvalue weighted by molar-refractivity contribution is -0.312. The molecule has 2 rings (SSSR count). The number of rotatable bonds is 5. The molecule has 21 heavy (non-hydrogen) atoms. The second kappa shape index (κ2) is 6.18. The van der Waals surface area contributed by atoms with Crippen molar-refractivity contribution in [1.29, 1.82) is 0 Å². The largest absolute Gasteiger partial charge is 0.546 e. The van der Waals surface area contributed by atoms with Crippen LogP contribution in [0, 0.1) is 0 Å². The number of aryl methyl sites for hydroxylation is 1. The molecule has 0 radical (unpaired) electrons. The van der Waals surface area contributed by atoms with Gasteiger partial charge in [0.2, 0.25) is 0 Å². The van der Waals surface area contributed by atoms with E-state index in [9.17, 15) is 14.7 Å². The summed E-state index contributed by atoms with van der Waals surface area (Å²) in [4.78, 5) is 22.3. The number of hydrogen-bond acceptors (Lipinski definition) is 5. The van der Waals surface area contributed by atoms with E-state index in [0.29, 0.717) is 12.0 Å². The number of carbonyl (C=O) groups excluding carboxylic acids is 1. The van der Waals surface area contributed by atoms with Crippen molar-refractivity contribution >= 4 is 28.5 Å². The Bertz CT molecular complexity index is 735. The molecule has 6 heteroatoms. The van der Waals surface area contributed by atoms with Gasteiger partial charge in [-0.3, -0.25) is 0 Å². The van der Waals surface area contributed by atoms with E-state index in [0.717, 1.165) is 17.4 Å². The van der Waals surface area contributed by atoms with E-state index >= 15 is 0 Å². The predicted octanol–water partition coefficient (Wildman–Crippen LogP) is 1.92. The minimum atomic E-state index is -1.35. The van der Waals surface area contributed by atoms with Crippen LogP contribution < -0.4 is 15.5 Å². The third-order valence-electron chi connectivity index (χ3n) is 3.04. The second-order valence-electron chi connectivity index (χ2n) is 4.70. The van der Waals surface area contributed by atoms with Crippen molar-refractivity contribution in [1.82, 2.24) is 0 Å². The maximum atomic E-state index is 11.6. The van der Waals surface area contributed by atoms with Crippen molar-refractivity contribution in [3.05, 3.63) is 39.2 Å². The van der Waals surface area contributed by atoms with Crippen molar-refractivity contribution < 1.29 is 19.1 Å². The predicted molar refractivity (Wildman–Crippen MR) is 76.6 cm³/mol. The number of benzene rings is 1. The van der Waals surface area contributed by atoms with Gasteiger partial charge in [0.15, 0.2) is 0 Å². The number of carbonyl (C=O) groups is 1. The summed E-state index contributed by atoms with van der Waals surface area (Å²) in [5.41, 5.74) is 0.688. The summed E-state index contributed by atoms with van der Waals surface area (Å²) in [7, 11) is 0. The van der Waals surface area contributed by atoms with E-state index in [2.05, 4.69) is 0 Å². The molecule has 0 spiro atoms. The molecule has 0 saturated heterocycles. The van der Waals surface area contributed by atoms with E-state index in [4.69, 9.17) is 20.8 Å². The fourth-order valence-electron chi connectivity index (χ4n) is 2.03. The number of carboxylic acids is 1. The van der Waals surface area contributed by atoms with Crippen LogP contribution in [0.2, 0.25) is 5.02 Å². The van der Waals surface area contributed by atoms with Gasteiger partial charge in [0.1, 0.15) is 17.4 Å². The zero-order valence-electron chi connectivity index (χ0n) is 11.6. The van der Waals surface area contributed by atoms with Crippen LogP contribution in [0.15, 0.2) is 27.4 Å². The normalized spacial score (nSPS) is 12.3. The fourth-order valence-corrected chi connectivity index (χ4v) is 2.24. The molecule has 1 heterocycles. The van der Waals surface area contributed by atoms with Gasteiger partial charge in [0.05, 0.1) is 11.0 Å². The molecule has 1 aromatic heterocycles. The lowest BCUT2D eigenvalue weighted by atomic mass is 10.1. The number of fused-ring (bicyclic) bond motifs is 1. The maximum absolute atomic E-state index is 11.6. The quantitative estimate of drug-likeness (QED) is 0.788. The summed E-state index contributed by atoms with van der Waals surface area (Å²) in [6.45, 7) is 3.33. The van der Waals surface area contributed by atoms with E-state index in [1.54, 1.807) is 6.07 Å². The average Bonchev–Trinajstić information content (AvgIpc) is 2.40. The van der Waals surface area contributed by atoms with Crippen LogP contribution in [0.3, 0.4) is 0 Å². The molecular weight excluding hydrogens is 296 g/mol. The van der Waals surface area contributed by atoms with Crippen molar-refractivity contribution in [2.24, 2.45) is 0 Å². The molecule has 1 atom stereocenters. The van der Waals surface area contributed by atoms with Crippen LogP contribution in [-0.4, -0.2) is 12.1 Å². The highest BCUT2D eigenvalue weighted by molar-refractivity contribution is 6.32. The van der Waals surface area contributed by atoms with Crippen LogP contribution >= 0.6 is 11.6 Å². The number of ether oxygens (including phenoxy) is 1. The Morgan fingerprint density at radius 3 is 2.76 bits per heavy atom. The van der Waals surface area contributed by atoms with Crippen LogP contribution in [0.1, 0.15) is 25.8 Å². The first kappa shape index (κ1) is 15.4. The highest BCUT2D eigenvalue weighted by atomic mass is 35.5. The highest BCUT2D eigenvalue weighted by Crippen LogP contribution is 2.32. The Labute approximate surface area is 126 Å². The number of aliphatic carboxylic acids is 1. The van der Waals surface area contributed by atoms with Crippen LogP contribution in [0.25, 0.3) is 11.0 Å². The van der Waals surface area contributed by atoms with E-state index in [-0.39, 0.29) is 10.8 Å². The van der Waals surface area contributed by atoms with Gasteiger partial charge < -0.3 is 19.1 Å². The van der Waals surface area contributed by atoms with Gasteiger partial charge in [-0.25, -0.2) is 4.79 Å². The van der Waals surface area contributed by atoms with Gasteiger partial charge in [-0.2, -0.15) is 0 Å². The molecule has 5 nitrogen and oxygen atoms in total. The molecule has 0 aliphatic rings. The smallest absolute Gasteiger partial charge is 0.336 e. The minimum Gasteiger partial charge on any atom is -0.546 e. The van der Waals surface area contributed by atoms with Gasteiger partial charge >= 0.3 is 5.63 Å². The highest BCUT2D eigenvalue weighted by Gasteiger charge is 2.13. The molecule has 0 amide bonds. The van der Waals surface area contributed by atoms with E-state index < -0.39 is 17.7 Å². The Hall–Kier alpha value is -2.01. The second-order valence-corrected chi connectivity index (χ2v) is 5.11. The lowest BCUT2D eigenvalue weighted by Crippen LogP contribution is -2.37. The fraction of sp³-hybridized carbons (Fsp3) is 0.333. The Balaban J connectivity index is 2.54. The first-order valence-electron chi connectivity index (χ1n) is 6.56. The van der Waals surface area contributed by atoms with E-state index in [1.165, 1.54) is 19.1 Å². The number of carboxylic acid groups (broad SMARTS) is 1. The van der Waals surface area contributed by atoms with Gasteiger partial charge in [0, 0.05) is 17.5 Å². The SMILES string of the molecule is CCCc1cc(=O)oc2cc(O[C@H](C)C(=O)[O-])c(Cl)cc12. The molecular formula is C15H14ClO5-. The van der Waals surface area contributed by atoms with Crippen LogP contribution in [-0.2, 0) is 11.2 Å². The molecule has 0 N–H and O–H groups in total. The standard InChI is InChI=1S/C15H15ClO5/c1-3-4-9-5-14(17)21-12-7-13(11(16)6-10(9)12)20-8(2)15(18)19/h5-8H,3-4H2,1-2H3,(H,18,19)/p-1/t8-/m1/s1. The lowest BCUT2D eigenvalue weighted by Gasteiger charge is -2.17. The van der Waals surface area contributed by atoms with Crippen molar-refractivity contribution in [2.75, 3.05) is 0 Å². The molecule has 0 aliphatic heterocycles. The number of hydrogen-bond donors (Lipinski definition) is 0. The summed E-state index contributed by atoms with van der Waals surface area (Å²) in [6.07, 6.45) is 0.426. The van der Waals surface area contributed by atoms with Crippen molar-refractivity contribution in [3.63, 3.8) is 0 Å². The summed E-state index contributed by atoms with van der Waals surface area (Å²) >= 11 is 6.11. The summed E-state index contributed by atoms with van der Waals surface area (Å²) in [5, 5.41) is 11.7. The van der Waals surface area contributed by atoms with Crippen molar-refractivity contribution in [2.45, 2.75) is 32.8 Å². The minimum absolute atomic E-state index is 0.137.